The SMILES string of the molecule is CC(C)(C)NS(=O)(=O)c1ccc(NC(=O)C(CC2COC2)NC(=O)c2ccc(F)cc2)cc1. The summed E-state index contributed by atoms with van der Waals surface area (Å²) in [7, 11) is -3.70. The predicted octanol–water partition coefficient (Wildman–Crippen LogP) is 2.68. The lowest BCUT2D eigenvalue weighted by Crippen LogP contribution is -2.47. The van der Waals surface area contributed by atoms with Crippen molar-refractivity contribution in [2.24, 2.45) is 5.92 Å². The molecular formula is C23H28FN3O5S. The molecule has 1 unspecified atom stereocenters. The van der Waals surface area contributed by atoms with Crippen LogP contribution in [0.3, 0.4) is 0 Å². The second-order valence-corrected chi connectivity index (χ2v) is 10.7. The molecule has 0 spiro atoms. The van der Waals surface area contributed by atoms with Crippen LogP contribution in [0.1, 0.15) is 37.6 Å². The van der Waals surface area contributed by atoms with Crippen molar-refractivity contribution in [3.63, 3.8) is 0 Å². The van der Waals surface area contributed by atoms with Crippen LogP contribution in [0.5, 0.6) is 0 Å². The van der Waals surface area contributed by atoms with E-state index in [9.17, 15) is 22.4 Å². The Bertz CT molecular complexity index is 1090. The highest BCUT2D eigenvalue weighted by Crippen LogP contribution is 2.20. The first-order chi connectivity index (χ1) is 15.4. The third kappa shape index (κ3) is 7.08. The van der Waals surface area contributed by atoms with E-state index in [0.29, 0.717) is 25.3 Å². The van der Waals surface area contributed by atoms with E-state index in [-0.39, 0.29) is 16.4 Å². The van der Waals surface area contributed by atoms with Gasteiger partial charge < -0.3 is 15.4 Å². The van der Waals surface area contributed by atoms with Gasteiger partial charge in [0.1, 0.15) is 11.9 Å². The molecule has 3 rings (SSSR count). The highest BCUT2D eigenvalue weighted by molar-refractivity contribution is 7.89. The minimum atomic E-state index is -3.70. The number of hydrogen-bond donors (Lipinski definition) is 3. The zero-order chi connectivity index (χ0) is 24.2. The molecule has 1 aliphatic rings. The van der Waals surface area contributed by atoms with Gasteiger partial charge in [0.2, 0.25) is 15.9 Å². The maximum Gasteiger partial charge on any atom is 0.251 e. The summed E-state index contributed by atoms with van der Waals surface area (Å²) >= 11 is 0. The molecule has 1 fully saturated rings. The Morgan fingerprint density at radius 1 is 1.06 bits per heavy atom. The van der Waals surface area contributed by atoms with E-state index in [4.69, 9.17) is 4.74 Å². The van der Waals surface area contributed by atoms with Crippen molar-refractivity contribution in [3.05, 3.63) is 59.9 Å². The minimum absolute atomic E-state index is 0.0724. The molecule has 1 saturated heterocycles. The third-order valence-corrected chi connectivity index (χ3v) is 6.65. The molecule has 1 atom stereocenters. The van der Waals surface area contributed by atoms with Crippen LogP contribution in [0.15, 0.2) is 53.4 Å². The highest BCUT2D eigenvalue weighted by Gasteiger charge is 2.29. The average Bonchev–Trinajstić information content (AvgIpc) is 2.68. The van der Waals surface area contributed by atoms with Crippen LogP contribution in [-0.4, -0.2) is 45.0 Å². The third-order valence-electron chi connectivity index (χ3n) is 4.88. The molecule has 0 radical (unpaired) electrons. The normalized spacial score (nSPS) is 15.4. The fourth-order valence-electron chi connectivity index (χ4n) is 3.24. The van der Waals surface area contributed by atoms with Gasteiger partial charge in [-0.2, -0.15) is 0 Å². The molecule has 1 heterocycles. The predicted molar refractivity (Wildman–Crippen MR) is 122 cm³/mol. The van der Waals surface area contributed by atoms with Gasteiger partial charge in [-0.15, -0.1) is 0 Å². The van der Waals surface area contributed by atoms with Gasteiger partial charge in [0, 0.05) is 22.7 Å². The fourth-order valence-corrected chi connectivity index (χ4v) is 4.66. The average molecular weight is 478 g/mol. The van der Waals surface area contributed by atoms with E-state index in [1.165, 1.54) is 48.5 Å². The lowest BCUT2D eigenvalue weighted by molar-refractivity contribution is -0.119. The number of carbonyl (C=O) groups excluding carboxylic acids is 2. The molecule has 2 aromatic rings. The molecule has 0 bridgehead atoms. The Hall–Kier alpha value is -2.82. The summed E-state index contributed by atoms with van der Waals surface area (Å²) in [5.41, 5.74) is -0.00651. The van der Waals surface area contributed by atoms with E-state index in [0.717, 1.165) is 0 Å². The first kappa shape index (κ1) is 24.8. The largest absolute Gasteiger partial charge is 0.381 e. The molecule has 3 N–H and O–H groups in total. The fraction of sp³-hybridized carbons (Fsp3) is 0.391. The smallest absolute Gasteiger partial charge is 0.251 e. The molecule has 2 amide bonds. The first-order valence-corrected chi connectivity index (χ1v) is 12.0. The van der Waals surface area contributed by atoms with Gasteiger partial charge in [-0.05, 0) is 75.7 Å². The maximum atomic E-state index is 13.1. The number of sulfonamides is 1. The van der Waals surface area contributed by atoms with Crippen molar-refractivity contribution in [1.82, 2.24) is 10.0 Å². The molecule has 178 valence electrons. The van der Waals surface area contributed by atoms with Crippen molar-refractivity contribution in [2.45, 2.75) is 43.7 Å². The first-order valence-electron chi connectivity index (χ1n) is 10.5. The van der Waals surface area contributed by atoms with E-state index in [1.54, 1.807) is 20.8 Å². The molecule has 2 aromatic carbocycles. The number of amides is 2. The Balaban J connectivity index is 1.69. The van der Waals surface area contributed by atoms with Gasteiger partial charge in [0.25, 0.3) is 5.91 Å². The summed E-state index contributed by atoms with van der Waals surface area (Å²) in [6, 6.07) is 9.96. The van der Waals surface area contributed by atoms with E-state index >= 15 is 0 Å². The molecule has 0 saturated carbocycles. The number of anilines is 1. The van der Waals surface area contributed by atoms with Gasteiger partial charge in [-0.1, -0.05) is 0 Å². The summed E-state index contributed by atoms with van der Waals surface area (Å²) in [6.07, 6.45) is 0.376. The second kappa shape index (κ2) is 9.98. The summed E-state index contributed by atoms with van der Waals surface area (Å²) < 4.78 is 45.8. The Morgan fingerprint density at radius 2 is 1.67 bits per heavy atom. The van der Waals surface area contributed by atoms with E-state index < -0.39 is 39.2 Å². The molecule has 0 aliphatic carbocycles. The number of carbonyl (C=O) groups is 2. The summed E-state index contributed by atoms with van der Waals surface area (Å²) in [5, 5.41) is 5.42. The van der Waals surface area contributed by atoms with Crippen LogP contribution in [-0.2, 0) is 19.6 Å². The molecule has 8 nitrogen and oxygen atoms in total. The quantitative estimate of drug-likeness (QED) is 0.541. The van der Waals surface area contributed by atoms with Crippen molar-refractivity contribution in [3.8, 4) is 0 Å². The zero-order valence-corrected chi connectivity index (χ0v) is 19.5. The maximum absolute atomic E-state index is 13.1. The monoisotopic (exact) mass is 477 g/mol. The Kier molecular flexibility index (Phi) is 7.51. The van der Waals surface area contributed by atoms with E-state index in [1.807, 2.05) is 0 Å². The number of ether oxygens (including phenoxy) is 1. The molecule has 10 heteroatoms. The van der Waals surface area contributed by atoms with Crippen LogP contribution >= 0.6 is 0 Å². The number of benzene rings is 2. The van der Waals surface area contributed by atoms with Crippen LogP contribution in [0.4, 0.5) is 10.1 Å². The van der Waals surface area contributed by atoms with Gasteiger partial charge in [-0.25, -0.2) is 17.5 Å². The number of halogens is 1. The van der Waals surface area contributed by atoms with Crippen molar-refractivity contribution in [1.29, 1.82) is 0 Å². The van der Waals surface area contributed by atoms with Crippen LogP contribution in [0, 0.1) is 11.7 Å². The standard InChI is InChI=1S/C23H28FN3O5S/c1-23(2,3)27-33(30,31)19-10-8-18(9-11-19)25-22(29)20(12-15-13-32-14-15)26-21(28)16-4-6-17(24)7-5-16/h4-11,15,20,27H,12-14H2,1-3H3,(H,25,29)(H,26,28). The van der Waals surface area contributed by atoms with Gasteiger partial charge in [0.05, 0.1) is 18.1 Å². The summed E-state index contributed by atoms with van der Waals surface area (Å²) in [6.45, 7) is 6.24. The van der Waals surface area contributed by atoms with E-state index in [2.05, 4.69) is 15.4 Å². The molecular weight excluding hydrogens is 449 g/mol. The Morgan fingerprint density at radius 3 is 2.18 bits per heavy atom. The molecule has 0 aromatic heterocycles. The van der Waals surface area contributed by atoms with Crippen LogP contribution < -0.4 is 15.4 Å². The lowest BCUT2D eigenvalue weighted by Gasteiger charge is -2.29. The van der Waals surface area contributed by atoms with Gasteiger partial charge >= 0.3 is 0 Å². The minimum Gasteiger partial charge on any atom is -0.381 e. The van der Waals surface area contributed by atoms with Crippen LogP contribution in [0.25, 0.3) is 0 Å². The molecule has 1 aliphatic heterocycles. The van der Waals surface area contributed by atoms with Gasteiger partial charge in [-0.3, -0.25) is 9.59 Å². The van der Waals surface area contributed by atoms with Crippen molar-refractivity contribution >= 4 is 27.5 Å². The Labute approximate surface area is 193 Å². The molecule has 33 heavy (non-hydrogen) atoms. The number of nitrogens with one attached hydrogen (secondary N) is 3. The van der Waals surface area contributed by atoms with Crippen molar-refractivity contribution < 1.29 is 27.1 Å². The van der Waals surface area contributed by atoms with Crippen LogP contribution in [0.2, 0.25) is 0 Å². The summed E-state index contributed by atoms with van der Waals surface area (Å²) in [4.78, 5) is 25.6. The second-order valence-electron chi connectivity index (χ2n) is 9.04. The lowest BCUT2D eigenvalue weighted by atomic mass is 9.97. The zero-order valence-electron chi connectivity index (χ0n) is 18.7. The van der Waals surface area contributed by atoms with Crippen molar-refractivity contribution in [2.75, 3.05) is 18.5 Å². The number of hydrogen-bond acceptors (Lipinski definition) is 5. The van der Waals surface area contributed by atoms with Gasteiger partial charge in [0.15, 0.2) is 0 Å². The topological polar surface area (TPSA) is 114 Å². The number of rotatable bonds is 8. The highest BCUT2D eigenvalue weighted by atomic mass is 32.2. The summed E-state index contributed by atoms with van der Waals surface area (Å²) in [5.74, 6) is -1.27.